The van der Waals surface area contributed by atoms with Crippen LogP contribution in [0.2, 0.25) is 0 Å². The summed E-state index contributed by atoms with van der Waals surface area (Å²) in [5, 5.41) is 0. The number of rotatable bonds is 18. The van der Waals surface area contributed by atoms with Crippen molar-refractivity contribution < 1.29 is 8.83 Å². The Balaban J connectivity index is 1.12. The molecule has 10 nitrogen and oxygen atoms in total. The predicted molar refractivity (Wildman–Crippen MR) is 331 cm³/mol. The molecule has 0 spiro atoms. The number of aromatic nitrogens is 8. The number of fused-ring (bicyclic) bond motifs is 2. The molecule has 10 heteroatoms. The molecule has 5 heterocycles. The largest absolute Gasteiger partial charge is 0.441 e. The van der Waals surface area contributed by atoms with E-state index in [0.717, 1.165) is 73.4 Å². The molecule has 0 aliphatic heterocycles. The molecule has 0 unspecified atom stereocenters. The van der Waals surface area contributed by atoms with Crippen molar-refractivity contribution in [3.8, 4) is 51.2 Å². The smallest absolute Gasteiger partial charge is 0.192 e. The van der Waals surface area contributed by atoms with Gasteiger partial charge in [0.1, 0.15) is 28.5 Å². The summed E-state index contributed by atoms with van der Waals surface area (Å²) in [6, 6.07) is 43.6. The molecule has 0 fully saturated rings. The Morgan fingerprint density at radius 1 is 0.346 bits per heavy atom. The Labute approximate surface area is 478 Å². The van der Waals surface area contributed by atoms with Crippen molar-refractivity contribution in [2.45, 2.75) is 152 Å². The molecule has 0 saturated carbocycles. The number of hydrogen-bond acceptors (Lipinski definition) is 7. The van der Waals surface area contributed by atoms with E-state index in [1.54, 1.807) is 0 Å². The number of imidazole rings is 3. The van der Waals surface area contributed by atoms with Crippen LogP contribution in [0.25, 0.3) is 73.4 Å². The van der Waals surface area contributed by atoms with Gasteiger partial charge in [-0.05, 0) is 130 Å². The lowest BCUT2D eigenvalue weighted by atomic mass is 9.91. The normalized spacial score (nSPS) is 12.3. The molecular formula is C71H78N8O2. The predicted octanol–water partition coefficient (Wildman–Crippen LogP) is 18.5. The quantitative estimate of drug-likeness (QED) is 0.0843. The lowest BCUT2D eigenvalue weighted by molar-refractivity contribution is 0.503. The van der Waals surface area contributed by atoms with Gasteiger partial charge in [0.05, 0.1) is 34.1 Å². The molecular weight excluding hydrogens is 997 g/mol. The van der Waals surface area contributed by atoms with Crippen molar-refractivity contribution in [1.29, 1.82) is 0 Å². The molecule has 0 bridgehead atoms. The number of hydrogen-bond donors (Lipinski definition) is 0. The van der Waals surface area contributed by atoms with Crippen molar-refractivity contribution in [2.24, 2.45) is 5.92 Å². The molecule has 0 N–H and O–H groups in total. The first-order valence-electron chi connectivity index (χ1n) is 29.3. The highest BCUT2D eigenvalue weighted by Crippen LogP contribution is 2.40. The van der Waals surface area contributed by atoms with Gasteiger partial charge in [-0.1, -0.05) is 168 Å². The van der Waals surface area contributed by atoms with E-state index in [1.807, 2.05) is 26.0 Å². The van der Waals surface area contributed by atoms with E-state index >= 15 is 0 Å². The Morgan fingerprint density at radius 3 is 0.963 bits per heavy atom. The molecule has 11 aromatic rings. The number of aryl methyl sites for hydroxylation is 2. The fourth-order valence-corrected chi connectivity index (χ4v) is 12.1. The Kier molecular flexibility index (Phi) is 15.2. The molecule has 0 aliphatic carbocycles. The Hall–Kier alpha value is -8.11. The zero-order chi connectivity index (χ0) is 57.0. The van der Waals surface area contributed by atoms with Gasteiger partial charge in [-0.15, -0.1) is 0 Å². The second-order valence-electron chi connectivity index (χ2n) is 24.2. The van der Waals surface area contributed by atoms with Gasteiger partial charge in [-0.3, -0.25) is 13.7 Å². The highest BCUT2D eigenvalue weighted by Gasteiger charge is 2.28. The van der Waals surface area contributed by atoms with Crippen LogP contribution in [0.4, 0.5) is 0 Å². The van der Waals surface area contributed by atoms with Crippen molar-refractivity contribution in [2.75, 3.05) is 0 Å². The lowest BCUT2D eigenvalue weighted by Crippen LogP contribution is -2.13. The number of nitrogens with zero attached hydrogens (tertiary/aromatic N) is 8. The standard InChI is InChI=1S/C71H78N8O2/c1-41(2)56-23-18-24-57(42(3)4)66(56)77-38-53(74-69(77)50-21-16-15-17-22-50)33-49(34-54-39-78(67-58(43(5)6)25-19-26-59(67)44(7)8)70(75-54)51-29-31-64-62(36-51)72-47(13)80-64)35-55-40-79(68-60(45(9)10)27-20-28-61(68)46(11)12)71(76-55)52-30-32-65-63(37-52)73-48(14)81-65/h15-32,36-46,49H,33-35H2,1-14H3. The number of benzene rings is 6. The van der Waals surface area contributed by atoms with Crippen LogP contribution in [0.5, 0.6) is 0 Å². The topological polar surface area (TPSA) is 106 Å². The van der Waals surface area contributed by atoms with Gasteiger partial charge in [-0.2, -0.15) is 0 Å². The highest BCUT2D eigenvalue weighted by molar-refractivity contribution is 5.81. The van der Waals surface area contributed by atoms with Gasteiger partial charge in [0.15, 0.2) is 22.9 Å². The molecule has 5 aromatic heterocycles. The zero-order valence-corrected chi connectivity index (χ0v) is 49.8. The van der Waals surface area contributed by atoms with E-state index in [-0.39, 0.29) is 29.6 Å². The summed E-state index contributed by atoms with van der Waals surface area (Å²) in [6.45, 7) is 31.3. The van der Waals surface area contributed by atoms with E-state index in [0.29, 0.717) is 42.9 Å². The summed E-state index contributed by atoms with van der Waals surface area (Å²) < 4.78 is 19.2. The minimum Gasteiger partial charge on any atom is -0.441 e. The van der Waals surface area contributed by atoms with E-state index in [2.05, 4.69) is 225 Å². The number of para-hydroxylation sites is 3. The van der Waals surface area contributed by atoms with Crippen LogP contribution in [0.3, 0.4) is 0 Å². The van der Waals surface area contributed by atoms with Crippen LogP contribution < -0.4 is 0 Å². The fourth-order valence-electron chi connectivity index (χ4n) is 12.1. The van der Waals surface area contributed by atoms with Crippen molar-refractivity contribution in [3.05, 3.63) is 202 Å². The maximum absolute atomic E-state index is 6.01. The summed E-state index contributed by atoms with van der Waals surface area (Å²) >= 11 is 0. The molecule has 0 aliphatic rings. The van der Waals surface area contributed by atoms with Crippen molar-refractivity contribution in [1.82, 2.24) is 38.6 Å². The summed E-state index contributed by atoms with van der Waals surface area (Å²) in [4.78, 5) is 26.7. The molecule has 414 valence electrons. The minimum absolute atomic E-state index is 0.00505. The maximum Gasteiger partial charge on any atom is 0.192 e. The first-order chi connectivity index (χ1) is 38.9. The summed E-state index contributed by atoms with van der Waals surface area (Å²) in [7, 11) is 0. The van der Waals surface area contributed by atoms with Gasteiger partial charge < -0.3 is 8.83 Å². The molecule has 81 heavy (non-hydrogen) atoms. The molecule has 0 amide bonds. The molecule has 0 saturated heterocycles. The summed E-state index contributed by atoms with van der Waals surface area (Å²) in [5.41, 5.74) is 20.5. The number of oxazole rings is 2. The van der Waals surface area contributed by atoms with Gasteiger partial charge in [0.25, 0.3) is 0 Å². The Bertz CT molecular complexity index is 3780. The summed E-state index contributed by atoms with van der Waals surface area (Å²) in [5.74, 6) is 5.65. The Morgan fingerprint density at radius 2 is 0.654 bits per heavy atom. The second kappa shape index (κ2) is 22.4. The molecule has 11 rings (SSSR count). The maximum atomic E-state index is 6.01. The molecule has 0 radical (unpaired) electrons. The SMILES string of the molecule is Cc1nc2cc(-c3nc(CC(Cc4cn(-c5c(C(C)C)cccc5C(C)C)c(-c5ccccc5)n4)Cc4cn(-c5c(C(C)C)cccc5C(C)C)c(-c5ccc6oc(C)nc6c5)n4)cn3-c3c(C(C)C)cccc3C(C)C)ccc2o1. The van der Waals surface area contributed by atoms with Crippen LogP contribution >= 0.6 is 0 Å². The van der Waals surface area contributed by atoms with Gasteiger partial charge >= 0.3 is 0 Å². The van der Waals surface area contributed by atoms with E-state index in [9.17, 15) is 0 Å². The summed E-state index contributed by atoms with van der Waals surface area (Å²) in [6.07, 6.45) is 8.93. The van der Waals surface area contributed by atoms with E-state index in [1.165, 1.54) is 50.4 Å². The third kappa shape index (κ3) is 10.9. The van der Waals surface area contributed by atoms with E-state index < -0.39 is 0 Å². The second-order valence-corrected chi connectivity index (χ2v) is 24.2. The highest BCUT2D eigenvalue weighted by atomic mass is 16.3. The fraction of sp³-hybridized carbons (Fsp3) is 0.338. The average Bonchev–Trinajstić information content (AvgIpc) is 4.50. The first-order valence-corrected chi connectivity index (χ1v) is 29.3. The third-order valence-corrected chi connectivity index (χ3v) is 16.0. The van der Waals surface area contributed by atoms with Gasteiger partial charge in [0, 0.05) is 49.1 Å². The van der Waals surface area contributed by atoms with Crippen LogP contribution in [-0.4, -0.2) is 38.6 Å². The van der Waals surface area contributed by atoms with Gasteiger partial charge in [-0.25, -0.2) is 24.9 Å². The van der Waals surface area contributed by atoms with E-state index in [4.69, 9.17) is 33.8 Å². The van der Waals surface area contributed by atoms with Crippen LogP contribution in [-0.2, 0) is 19.3 Å². The third-order valence-electron chi connectivity index (χ3n) is 16.0. The van der Waals surface area contributed by atoms with Crippen molar-refractivity contribution in [3.63, 3.8) is 0 Å². The minimum atomic E-state index is 0.00505. The molecule has 0 atom stereocenters. The zero-order valence-electron chi connectivity index (χ0n) is 49.8. The average molecular weight is 1080 g/mol. The molecule has 6 aromatic carbocycles. The first kappa shape index (κ1) is 54.8. The van der Waals surface area contributed by atoms with Crippen LogP contribution in [0, 0.1) is 19.8 Å². The van der Waals surface area contributed by atoms with Crippen LogP contribution in [0.1, 0.15) is 181 Å². The van der Waals surface area contributed by atoms with Gasteiger partial charge in [0.2, 0.25) is 0 Å². The monoisotopic (exact) mass is 1070 g/mol. The van der Waals surface area contributed by atoms with Crippen molar-refractivity contribution >= 4 is 22.2 Å². The lowest BCUT2D eigenvalue weighted by Gasteiger charge is -2.22. The van der Waals surface area contributed by atoms with Crippen LogP contribution in [0.15, 0.2) is 149 Å².